The van der Waals surface area contributed by atoms with Crippen LogP contribution in [0.25, 0.3) is 0 Å². The van der Waals surface area contributed by atoms with Crippen molar-refractivity contribution in [1.29, 1.82) is 0 Å². The third kappa shape index (κ3) is 5.23. The number of hydrogen-bond acceptors (Lipinski definition) is 1. The first kappa shape index (κ1) is 21.2. The van der Waals surface area contributed by atoms with Crippen molar-refractivity contribution in [2.75, 3.05) is 0 Å². The van der Waals surface area contributed by atoms with Gasteiger partial charge in [-0.05, 0) is 92.3 Å². The van der Waals surface area contributed by atoms with Crippen molar-refractivity contribution in [3.63, 3.8) is 0 Å². The summed E-state index contributed by atoms with van der Waals surface area (Å²) in [4.78, 5) is 0. The van der Waals surface area contributed by atoms with Gasteiger partial charge in [-0.3, -0.25) is 0 Å². The Kier molecular flexibility index (Phi) is 7.22. The summed E-state index contributed by atoms with van der Waals surface area (Å²) in [6.45, 7) is 0. The zero-order valence-corrected chi connectivity index (χ0v) is 20.0. The Bertz CT molecular complexity index is 508. The molecule has 29 heavy (non-hydrogen) atoms. The highest BCUT2D eigenvalue weighted by Gasteiger charge is 2.64. The molecule has 0 radical (unpaired) electrons. The predicted molar refractivity (Wildman–Crippen MR) is 128 cm³/mol. The minimum Gasteiger partial charge on any atom is -0.176 e. The van der Waals surface area contributed by atoms with Gasteiger partial charge in [0.1, 0.15) is 0 Å². The van der Waals surface area contributed by atoms with E-state index in [1.165, 1.54) is 70.6 Å². The monoisotopic (exact) mass is 416 g/mol. The lowest BCUT2D eigenvalue weighted by molar-refractivity contribution is 0.279. The summed E-state index contributed by atoms with van der Waals surface area (Å²) < 4.78 is 0. The average Bonchev–Trinajstić information content (AvgIpc) is 3.56. The van der Waals surface area contributed by atoms with E-state index in [-0.39, 0.29) is 0 Å². The van der Waals surface area contributed by atoms with Crippen molar-refractivity contribution in [3.05, 3.63) is 0 Å². The molecule has 0 amide bonds. The van der Waals surface area contributed by atoms with E-state index in [0.717, 1.165) is 47.3 Å². The summed E-state index contributed by atoms with van der Waals surface area (Å²) in [5, 5.41) is 0.698. The molecule has 5 rings (SSSR count). The molecule has 0 N–H and O–H groups in total. The topological polar surface area (TPSA) is 0 Å². The number of rotatable bonds is 0. The van der Waals surface area contributed by atoms with E-state index in [1.54, 1.807) is 51.4 Å². The zero-order valence-electron chi connectivity index (χ0n) is 19.1. The van der Waals surface area contributed by atoms with Gasteiger partial charge in [-0.15, -0.1) is 0 Å². The molecule has 0 aliphatic heterocycles. The smallest absolute Gasteiger partial charge is 0.00197 e. The van der Waals surface area contributed by atoms with Crippen LogP contribution in [-0.2, 0) is 0 Å². The molecule has 5 aliphatic carbocycles. The van der Waals surface area contributed by atoms with Gasteiger partial charge >= 0.3 is 0 Å². The van der Waals surface area contributed by atoms with E-state index in [0.29, 0.717) is 5.25 Å². The molecule has 5 saturated carbocycles. The SMILES string of the molecule is SC1CCC2CCCCCCC3C(C1)C3C1C3CCCCCCC(CCCC31)C2. The largest absolute Gasteiger partial charge is 0.176 e. The highest BCUT2D eigenvalue weighted by Crippen LogP contribution is 2.69. The van der Waals surface area contributed by atoms with Crippen LogP contribution in [0.4, 0.5) is 0 Å². The molecule has 1 heteroatoms. The minimum atomic E-state index is 0.698. The van der Waals surface area contributed by atoms with E-state index < -0.39 is 0 Å². The second kappa shape index (κ2) is 9.87. The molecule has 5 fully saturated rings. The van der Waals surface area contributed by atoms with E-state index in [9.17, 15) is 0 Å². The van der Waals surface area contributed by atoms with Gasteiger partial charge in [0.05, 0.1) is 0 Å². The van der Waals surface area contributed by atoms with Gasteiger partial charge in [-0.2, -0.15) is 12.6 Å². The van der Waals surface area contributed by atoms with Crippen molar-refractivity contribution in [1.82, 2.24) is 0 Å². The quantitative estimate of drug-likeness (QED) is 0.375. The molecule has 166 valence electrons. The molecule has 0 saturated heterocycles. The molecule has 0 aromatic heterocycles. The summed E-state index contributed by atoms with van der Waals surface area (Å²) >= 11 is 5.17. The summed E-state index contributed by atoms with van der Waals surface area (Å²) in [5.41, 5.74) is 0. The molecule has 9 atom stereocenters. The van der Waals surface area contributed by atoms with Crippen LogP contribution in [0.1, 0.15) is 122 Å². The third-order valence-electron chi connectivity index (χ3n) is 10.3. The highest BCUT2D eigenvalue weighted by molar-refractivity contribution is 7.80. The Morgan fingerprint density at radius 3 is 1.55 bits per heavy atom. The maximum Gasteiger partial charge on any atom is 0.00197 e. The van der Waals surface area contributed by atoms with Crippen molar-refractivity contribution >= 4 is 12.6 Å². The Morgan fingerprint density at radius 2 is 0.862 bits per heavy atom. The summed E-state index contributed by atoms with van der Waals surface area (Å²) in [5.74, 6) is 8.78. The molecule has 0 heterocycles. The fourth-order valence-corrected chi connectivity index (χ4v) is 9.10. The second-order valence-electron chi connectivity index (χ2n) is 12.2. The van der Waals surface area contributed by atoms with Crippen LogP contribution in [0.5, 0.6) is 0 Å². The lowest BCUT2D eigenvalue weighted by Crippen LogP contribution is -2.13. The fraction of sp³-hybridized carbons (Fsp3) is 1.00. The lowest BCUT2D eigenvalue weighted by atomic mass is 9.81. The average molecular weight is 417 g/mol. The normalized spacial score (nSPS) is 49.3. The van der Waals surface area contributed by atoms with Crippen LogP contribution < -0.4 is 0 Å². The molecule has 9 unspecified atom stereocenters. The van der Waals surface area contributed by atoms with Crippen molar-refractivity contribution in [2.24, 2.45) is 47.3 Å². The van der Waals surface area contributed by atoms with Crippen molar-refractivity contribution in [3.8, 4) is 0 Å². The molecule has 0 aromatic rings. The summed E-state index contributed by atoms with van der Waals surface area (Å²) in [6.07, 6.45) is 29.1. The van der Waals surface area contributed by atoms with Crippen molar-refractivity contribution < 1.29 is 0 Å². The van der Waals surface area contributed by atoms with Crippen LogP contribution in [0, 0.1) is 47.3 Å². The summed E-state index contributed by atoms with van der Waals surface area (Å²) in [6, 6.07) is 0. The highest BCUT2D eigenvalue weighted by atomic mass is 32.1. The number of hydrogen-bond donors (Lipinski definition) is 1. The number of thiol groups is 1. The van der Waals surface area contributed by atoms with Crippen LogP contribution in [-0.4, -0.2) is 5.25 Å². The van der Waals surface area contributed by atoms with Gasteiger partial charge in [0, 0.05) is 5.25 Å². The van der Waals surface area contributed by atoms with E-state index in [4.69, 9.17) is 12.6 Å². The van der Waals surface area contributed by atoms with Crippen LogP contribution in [0.2, 0.25) is 0 Å². The molecule has 0 nitrogen and oxygen atoms in total. The molecule has 4 bridgehead atoms. The standard InChI is InChI=1S/C28H48S/c29-22-17-16-21-11-6-2-4-8-14-25-26(19-22)28(25)27-23-13-7-3-1-5-10-20(18-21)12-9-15-24(23)27/h20-29H,1-19H2. The molecular formula is C28H48S. The number of fused-ring (bicyclic) bond motifs is 10. The van der Waals surface area contributed by atoms with Crippen LogP contribution >= 0.6 is 12.6 Å². The van der Waals surface area contributed by atoms with Crippen LogP contribution in [0.15, 0.2) is 0 Å². The van der Waals surface area contributed by atoms with Gasteiger partial charge < -0.3 is 0 Å². The van der Waals surface area contributed by atoms with E-state index in [2.05, 4.69) is 0 Å². The van der Waals surface area contributed by atoms with Gasteiger partial charge in [0.15, 0.2) is 0 Å². The van der Waals surface area contributed by atoms with Crippen LogP contribution in [0.3, 0.4) is 0 Å². The Balaban J connectivity index is 1.38. The predicted octanol–water partition coefficient (Wildman–Crippen LogP) is 8.69. The third-order valence-corrected chi connectivity index (χ3v) is 10.8. The molecule has 5 aliphatic rings. The van der Waals surface area contributed by atoms with E-state index in [1.807, 2.05) is 0 Å². The van der Waals surface area contributed by atoms with Gasteiger partial charge in [-0.25, -0.2) is 0 Å². The molecule has 0 spiro atoms. The van der Waals surface area contributed by atoms with Gasteiger partial charge in [0.25, 0.3) is 0 Å². The molecular weight excluding hydrogens is 368 g/mol. The van der Waals surface area contributed by atoms with Crippen molar-refractivity contribution in [2.45, 2.75) is 127 Å². The lowest BCUT2D eigenvalue weighted by Gasteiger charge is -2.25. The van der Waals surface area contributed by atoms with Gasteiger partial charge in [-0.1, -0.05) is 77.0 Å². The second-order valence-corrected chi connectivity index (χ2v) is 12.9. The summed E-state index contributed by atoms with van der Waals surface area (Å²) in [7, 11) is 0. The first-order valence-corrected chi connectivity index (χ1v) is 14.5. The molecule has 0 aromatic carbocycles. The first-order chi connectivity index (χ1) is 14.3. The Morgan fingerprint density at radius 1 is 0.379 bits per heavy atom. The van der Waals surface area contributed by atoms with E-state index >= 15 is 0 Å². The maximum atomic E-state index is 5.17. The Hall–Kier alpha value is 0.350. The minimum absolute atomic E-state index is 0.698. The zero-order chi connectivity index (χ0) is 19.6. The Labute approximate surface area is 187 Å². The first-order valence-electron chi connectivity index (χ1n) is 14.0. The maximum absolute atomic E-state index is 5.17. The fourth-order valence-electron chi connectivity index (χ4n) is 8.71. The van der Waals surface area contributed by atoms with Gasteiger partial charge in [0.2, 0.25) is 0 Å².